The van der Waals surface area contributed by atoms with Crippen LogP contribution in [-0.4, -0.2) is 145 Å². The molecule has 1 aromatic heterocycles. The van der Waals surface area contributed by atoms with Gasteiger partial charge in [-0.2, -0.15) is 0 Å². The van der Waals surface area contributed by atoms with Crippen LogP contribution in [0.25, 0.3) is 0 Å². The van der Waals surface area contributed by atoms with E-state index >= 15 is 0 Å². The Bertz CT molecular complexity index is 2270. The molecular formula is C59H89N7O9S. The summed E-state index contributed by atoms with van der Waals surface area (Å²) in [6, 6.07) is 14.4. The lowest BCUT2D eigenvalue weighted by atomic mass is 9.89. The summed E-state index contributed by atoms with van der Waals surface area (Å²) in [5.41, 5.74) is 1.85. The molecule has 3 aromatic rings. The van der Waals surface area contributed by atoms with Gasteiger partial charge in [0.25, 0.3) is 11.8 Å². The Morgan fingerprint density at radius 3 is 1.97 bits per heavy atom. The van der Waals surface area contributed by atoms with E-state index in [9.17, 15) is 28.8 Å². The smallest absolute Gasteiger partial charge is 0.285 e. The molecule has 9 unspecified atom stereocenters. The van der Waals surface area contributed by atoms with Gasteiger partial charge in [-0.15, -0.1) is 16.4 Å². The lowest BCUT2D eigenvalue weighted by molar-refractivity contribution is -0.148. The van der Waals surface area contributed by atoms with Gasteiger partial charge < -0.3 is 29.9 Å². The van der Waals surface area contributed by atoms with Crippen molar-refractivity contribution < 1.29 is 43.1 Å². The molecule has 2 aliphatic heterocycles. The first-order valence-electron chi connectivity index (χ1n) is 27.9. The zero-order valence-electron chi connectivity index (χ0n) is 47.3. The summed E-state index contributed by atoms with van der Waals surface area (Å²) in [6.45, 7) is 15.5. The SMILES string of the molecule is CCC(C)C(C(CC(=O)N1CCCC1C(OC)C(C)C(=O)NC(Cc1ccccc1)c1nccs1)OC)N(C)C(=O)C(NC(=O)C(C(C)C)N(C)CCCCCCCCCCON1C(=O)c2ccccc2C1=O)C(C)C. The van der Waals surface area contributed by atoms with E-state index in [0.717, 1.165) is 86.4 Å². The summed E-state index contributed by atoms with van der Waals surface area (Å²) in [4.78, 5) is 98.3. The number of nitrogens with one attached hydrogen (secondary N) is 2. The Hall–Kier alpha value is -5.07. The molecular weight excluding hydrogens is 983 g/mol. The minimum Gasteiger partial charge on any atom is -0.379 e. The largest absolute Gasteiger partial charge is 0.379 e. The molecule has 6 amide bonds. The van der Waals surface area contributed by atoms with Gasteiger partial charge in [-0.1, -0.05) is 136 Å². The fourth-order valence-electron chi connectivity index (χ4n) is 11.2. The second-order valence-corrected chi connectivity index (χ2v) is 22.6. The van der Waals surface area contributed by atoms with Gasteiger partial charge in [0.05, 0.1) is 66.4 Å². The second kappa shape index (κ2) is 30.8. The van der Waals surface area contributed by atoms with Crippen LogP contribution in [0.3, 0.4) is 0 Å². The van der Waals surface area contributed by atoms with Gasteiger partial charge in [0.2, 0.25) is 23.6 Å². The number of hydroxylamine groups is 2. The van der Waals surface area contributed by atoms with Crippen molar-refractivity contribution in [1.29, 1.82) is 0 Å². The first-order chi connectivity index (χ1) is 36.4. The maximum atomic E-state index is 14.7. The van der Waals surface area contributed by atoms with Gasteiger partial charge in [-0.05, 0) is 81.1 Å². The predicted molar refractivity (Wildman–Crippen MR) is 297 cm³/mol. The molecule has 17 heteroatoms. The van der Waals surface area contributed by atoms with Gasteiger partial charge >= 0.3 is 0 Å². The molecule has 5 rings (SSSR count). The normalized spacial score (nSPS) is 17.8. The standard InChI is InChI=1S/C59H89N7O9S/c1-12-41(6)52(48(73-10)38-49(67)65-34-26-31-47(65)53(74-11)42(7)54(68)61-46(56-60-32-36-76-56)37-43-27-20-19-21-28-43)64(9)59(72)50(39(2)3)62-55(69)51(40(4)5)63(8)33-24-17-15-13-14-16-18-25-35-75-66-57(70)44-29-22-23-30-45(44)58(66)71/h19-23,27-30,32,36,39-42,46-48,50-53H,12-18,24-26,31,33-35,37-38H2,1-11H3,(H,61,68)(H,62,69). The van der Waals surface area contributed by atoms with Crippen LogP contribution >= 0.6 is 11.3 Å². The van der Waals surface area contributed by atoms with Crippen LogP contribution in [0.5, 0.6) is 0 Å². The molecule has 9 atom stereocenters. The first-order valence-corrected chi connectivity index (χ1v) is 28.8. The number of methoxy groups -OCH3 is 2. The Kier molecular flexibility index (Phi) is 25.0. The van der Waals surface area contributed by atoms with Gasteiger partial charge in [0.15, 0.2) is 0 Å². The molecule has 0 spiro atoms. The van der Waals surface area contributed by atoms with E-state index in [2.05, 4.69) is 34.4 Å². The number of fused-ring (bicyclic) bond motifs is 1. The third kappa shape index (κ3) is 16.5. The van der Waals surface area contributed by atoms with Gasteiger partial charge in [-0.3, -0.25) is 38.5 Å². The molecule has 0 bridgehead atoms. The Morgan fingerprint density at radius 2 is 1.41 bits per heavy atom. The van der Waals surface area contributed by atoms with Crippen LogP contribution < -0.4 is 10.6 Å². The van der Waals surface area contributed by atoms with E-state index in [1.165, 1.54) is 11.3 Å². The van der Waals surface area contributed by atoms with E-state index in [-0.39, 0.29) is 59.9 Å². The van der Waals surface area contributed by atoms with Crippen molar-refractivity contribution >= 4 is 46.8 Å². The number of aromatic nitrogens is 1. The molecule has 3 heterocycles. The van der Waals surface area contributed by atoms with E-state index < -0.39 is 48.1 Å². The van der Waals surface area contributed by atoms with Crippen LogP contribution in [0.15, 0.2) is 66.2 Å². The summed E-state index contributed by atoms with van der Waals surface area (Å²) in [5, 5.41) is 10.0. The fraction of sp³-hybridized carbons (Fsp3) is 0.644. The number of amides is 6. The van der Waals surface area contributed by atoms with Crippen molar-refractivity contribution in [2.24, 2.45) is 23.7 Å². The highest BCUT2D eigenvalue weighted by Crippen LogP contribution is 2.31. The lowest BCUT2D eigenvalue weighted by Gasteiger charge is -2.41. The number of unbranched alkanes of at least 4 members (excludes halogenated alkanes) is 7. The summed E-state index contributed by atoms with van der Waals surface area (Å²) < 4.78 is 12.2. The maximum Gasteiger partial charge on any atom is 0.285 e. The summed E-state index contributed by atoms with van der Waals surface area (Å²) in [7, 11) is 6.92. The molecule has 420 valence electrons. The number of nitrogens with zero attached hydrogens (tertiary/aromatic N) is 5. The highest BCUT2D eigenvalue weighted by Gasteiger charge is 2.44. The van der Waals surface area contributed by atoms with Gasteiger partial charge in [0.1, 0.15) is 11.0 Å². The minimum atomic E-state index is -0.804. The third-order valence-electron chi connectivity index (χ3n) is 15.6. The van der Waals surface area contributed by atoms with E-state index in [1.807, 2.05) is 82.3 Å². The van der Waals surface area contributed by atoms with Gasteiger partial charge in [0, 0.05) is 39.4 Å². The average Bonchev–Trinajstić information content (AvgIpc) is 4.18. The number of hydrogen-bond acceptors (Lipinski definition) is 12. The molecule has 76 heavy (non-hydrogen) atoms. The Morgan fingerprint density at radius 1 is 0.789 bits per heavy atom. The van der Waals surface area contributed by atoms with Gasteiger partial charge in [-0.25, -0.2) is 4.98 Å². The van der Waals surface area contributed by atoms with Crippen molar-refractivity contribution in [3.05, 3.63) is 87.9 Å². The average molecular weight is 1070 g/mol. The summed E-state index contributed by atoms with van der Waals surface area (Å²) in [6.07, 6.45) is 11.3. The highest BCUT2D eigenvalue weighted by atomic mass is 32.1. The first kappa shape index (κ1) is 61.8. The van der Waals surface area contributed by atoms with Crippen LogP contribution in [0, 0.1) is 23.7 Å². The minimum absolute atomic E-state index is 0.00651. The molecule has 16 nitrogen and oxygen atoms in total. The van der Waals surface area contributed by atoms with E-state index in [0.29, 0.717) is 37.1 Å². The molecule has 1 fully saturated rings. The number of thiazole rings is 1. The number of likely N-dealkylation sites (tertiary alicyclic amines) is 1. The van der Waals surface area contributed by atoms with Crippen molar-refractivity contribution in [1.82, 2.24) is 35.4 Å². The van der Waals surface area contributed by atoms with E-state index in [1.54, 1.807) is 56.6 Å². The highest BCUT2D eigenvalue weighted by molar-refractivity contribution is 7.09. The fourth-order valence-corrected chi connectivity index (χ4v) is 11.8. The number of benzene rings is 2. The number of rotatable bonds is 33. The predicted octanol–water partition coefficient (Wildman–Crippen LogP) is 8.91. The number of ether oxygens (including phenoxy) is 2. The second-order valence-electron chi connectivity index (χ2n) is 21.7. The molecule has 0 radical (unpaired) electrons. The monoisotopic (exact) mass is 1070 g/mol. The number of likely N-dealkylation sites (N-methyl/N-ethyl adjacent to an activating group) is 2. The summed E-state index contributed by atoms with van der Waals surface area (Å²) >= 11 is 1.50. The maximum absolute atomic E-state index is 14.7. The molecule has 2 aliphatic rings. The number of carbonyl (C=O) groups is 6. The summed E-state index contributed by atoms with van der Waals surface area (Å²) in [5.74, 6) is -2.37. The molecule has 2 N–H and O–H groups in total. The van der Waals surface area contributed by atoms with Crippen LogP contribution in [-0.2, 0) is 39.9 Å². The molecule has 0 aliphatic carbocycles. The molecule has 2 aromatic carbocycles. The zero-order valence-corrected chi connectivity index (χ0v) is 48.2. The van der Waals surface area contributed by atoms with Crippen LogP contribution in [0.4, 0.5) is 0 Å². The number of carbonyl (C=O) groups excluding carboxylic acids is 6. The number of imide groups is 1. The Balaban J connectivity index is 1.11. The van der Waals surface area contributed by atoms with Crippen molar-refractivity contribution in [3.63, 3.8) is 0 Å². The zero-order chi connectivity index (χ0) is 55.5. The van der Waals surface area contributed by atoms with E-state index in [4.69, 9.17) is 14.3 Å². The molecule has 0 saturated carbocycles. The lowest BCUT2D eigenvalue weighted by Crippen LogP contribution is -2.60. The molecule has 1 saturated heterocycles. The van der Waals surface area contributed by atoms with Crippen molar-refractivity contribution in [3.8, 4) is 0 Å². The van der Waals surface area contributed by atoms with Crippen LogP contribution in [0.1, 0.15) is 163 Å². The third-order valence-corrected chi connectivity index (χ3v) is 16.5. The van der Waals surface area contributed by atoms with Crippen LogP contribution in [0.2, 0.25) is 0 Å². The van der Waals surface area contributed by atoms with Crippen molar-refractivity contribution in [2.75, 3.05) is 48.0 Å². The Labute approximate surface area is 457 Å². The number of hydrogen-bond donors (Lipinski definition) is 2. The quantitative estimate of drug-likeness (QED) is 0.0439. The topological polar surface area (TPSA) is 180 Å². The van der Waals surface area contributed by atoms with Crippen molar-refractivity contribution in [2.45, 2.75) is 174 Å².